The molecule has 1 N–H and O–H groups in total. The highest BCUT2D eigenvalue weighted by atomic mass is 32.2. The van der Waals surface area contributed by atoms with E-state index in [1.807, 2.05) is 0 Å². The van der Waals surface area contributed by atoms with Crippen LogP contribution in [0.1, 0.15) is 17.3 Å². The van der Waals surface area contributed by atoms with Gasteiger partial charge in [-0.3, -0.25) is 19.1 Å². The number of nitrogens with zero attached hydrogens (tertiary/aromatic N) is 1. The van der Waals surface area contributed by atoms with E-state index in [0.29, 0.717) is 17.7 Å². The van der Waals surface area contributed by atoms with Crippen molar-refractivity contribution in [1.82, 2.24) is 0 Å². The van der Waals surface area contributed by atoms with Gasteiger partial charge in [-0.05, 0) is 19.1 Å². The minimum absolute atomic E-state index is 0.156. The van der Waals surface area contributed by atoms with Crippen LogP contribution in [0.15, 0.2) is 18.2 Å². The largest absolute Gasteiger partial charge is 0.376 e. The van der Waals surface area contributed by atoms with Gasteiger partial charge in [0.05, 0.1) is 4.92 Å². The smallest absolute Gasteiger partial charge is 0.293 e. The minimum Gasteiger partial charge on any atom is -0.376 e. The number of carbonyl (C=O) groups is 1. The van der Waals surface area contributed by atoms with Crippen LogP contribution in [0.5, 0.6) is 0 Å². The number of hydrogen-bond acceptors (Lipinski definition) is 5. The van der Waals surface area contributed by atoms with Gasteiger partial charge in [0.25, 0.3) is 5.69 Å². The van der Waals surface area contributed by atoms with Crippen LogP contribution in [0, 0.1) is 10.1 Å². The Morgan fingerprint density at radius 1 is 1.56 bits per heavy atom. The number of aldehydes is 1. The Bertz CT molecular complexity index is 490. The molecule has 1 rings (SSSR count). The molecular formula is C11H14N2O4S. The molecule has 2 unspecified atom stereocenters. The first-order valence-corrected chi connectivity index (χ1v) is 6.97. The molecule has 0 bridgehead atoms. The Balaban J connectivity index is 2.97. The van der Waals surface area contributed by atoms with Crippen LogP contribution in [0.2, 0.25) is 0 Å². The van der Waals surface area contributed by atoms with Gasteiger partial charge >= 0.3 is 0 Å². The molecule has 18 heavy (non-hydrogen) atoms. The second-order valence-electron chi connectivity index (χ2n) is 3.94. The van der Waals surface area contributed by atoms with Gasteiger partial charge in [0, 0.05) is 40.5 Å². The van der Waals surface area contributed by atoms with E-state index in [4.69, 9.17) is 0 Å². The zero-order valence-corrected chi connectivity index (χ0v) is 10.9. The van der Waals surface area contributed by atoms with Crippen molar-refractivity contribution in [2.24, 2.45) is 0 Å². The zero-order valence-electron chi connectivity index (χ0n) is 10.1. The van der Waals surface area contributed by atoms with E-state index in [-0.39, 0.29) is 17.3 Å². The average Bonchev–Trinajstić information content (AvgIpc) is 2.28. The third kappa shape index (κ3) is 3.92. The first kappa shape index (κ1) is 14.3. The third-order valence-electron chi connectivity index (χ3n) is 2.24. The van der Waals surface area contributed by atoms with E-state index in [1.54, 1.807) is 13.2 Å². The molecule has 7 heteroatoms. The summed E-state index contributed by atoms with van der Waals surface area (Å²) in [4.78, 5) is 20.9. The van der Waals surface area contributed by atoms with E-state index < -0.39 is 15.7 Å². The average molecular weight is 270 g/mol. The summed E-state index contributed by atoms with van der Waals surface area (Å²) in [7, 11) is -0.981. The van der Waals surface area contributed by atoms with Crippen LogP contribution in [0.25, 0.3) is 0 Å². The van der Waals surface area contributed by atoms with Gasteiger partial charge in [-0.15, -0.1) is 0 Å². The van der Waals surface area contributed by atoms with Crippen molar-refractivity contribution < 1.29 is 13.9 Å². The topological polar surface area (TPSA) is 89.3 Å². The molecule has 6 nitrogen and oxygen atoms in total. The lowest BCUT2D eigenvalue weighted by molar-refractivity contribution is -0.384. The Labute approximate surface area is 107 Å². The molecule has 0 fully saturated rings. The van der Waals surface area contributed by atoms with E-state index >= 15 is 0 Å². The number of rotatable bonds is 6. The second-order valence-corrected chi connectivity index (χ2v) is 5.42. The van der Waals surface area contributed by atoms with Crippen LogP contribution in [-0.4, -0.2) is 33.5 Å². The Morgan fingerprint density at radius 2 is 2.22 bits per heavy atom. The summed E-state index contributed by atoms with van der Waals surface area (Å²) < 4.78 is 11.1. The van der Waals surface area contributed by atoms with Gasteiger partial charge in [-0.2, -0.15) is 0 Å². The molecule has 0 spiro atoms. The maximum Gasteiger partial charge on any atom is 0.293 e. The molecule has 0 radical (unpaired) electrons. The fourth-order valence-corrected chi connectivity index (χ4v) is 2.34. The lowest BCUT2D eigenvalue weighted by Gasteiger charge is -2.14. The number of carbonyl (C=O) groups excluding carboxylic acids is 1. The van der Waals surface area contributed by atoms with Crippen LogP contribution < -0.4 is 5.32 Å². The number of nitrogens with one attached hydrogen (secondary N) is 1. The summed E-state index contributed by atoms with van der Waals surface area (Å²) in [5.74, 6) is 0.395. The van der Waals surface area contributed by atoms with Gasteiger partial charge in [-0.25, -0.2) is 0 Å². The van der Waals surface area contributed by atoms with Crippen molar-refractivity contribution in [3.8, 4) is 0 Å². The zero-order chi connectivity index (χ0) is 13.7. The fraction of sp³-hybridized carbons (Fsp3) is 0.364. The molecule has 0 amide bonds. The van der Waals surface area contributed by atoms with Gasteiger partial charge in [-0.1, -0.05) is 0 Å². The first-order valence-electron chi connectivity index (χ1n) is 5.24. The Hall–Kier alpha value is -1.76. The number of anilines is 1. The van der Waals surface area contributed by atoms with Gasteiger partial charge in [0.1, 0.15) is 12.0 Å². The quantitative estimate of drug-likeness (QED) is 0.481. The number of hydrogen-bond donors (Lipinski definition) is 1. The fourth-order valence-electron chi connectivity index (χ4n) is 1.55. The molecule has 0 aromatic heterocycles. The van der Waals surface area contributed by atoms with Crippen LogP contribution in [0.4, 0.5) is 11.4 Å². The predicted molar refractivity (Wildman–Crippen MR) is 70.5 cm³/mol. The van der Waals surface area contributed by atoms with Crippen molar-refractivity contribution in [3.05, 3.63) is 33.9 Å². The SMILES string of the molecule is CC(CS(C)=O)Nc1ccc(C=O)cc1[N+](=O)[O-]. The maximum absolute atomic E-state index is 11.1. The van der Waals surface area contributed by atoms with Crippen molar-refractivity contribution in [3.63, 3.8) is 0 Å². The normalized spacial score (nSPS) is 13.7. The van der Waals surface area contributed by atoms with Crippen molar-refractivity contribution >= 4 is 28.5 Å². The van der Waals surface area contributed by atoms with E-state index in [1.165, 1.54) is 18.2 Å². The molecule has 98 valence electrons. The predicted octanol–water partition coefficient (Wildman–Crippen LogP) is 1.59. The number of nitro benzene ring substituents is 1. The summed E-state index contributed by atoms with van der Waals surface area (Å²) in [6.07, 6.45) is 2.13. The summed E-state index contributed by atoms with van der Waals surface area (Å²) in [6.45, 7) is 1.79. The van der Waals surface area contributed by atoms with Crippen molar-refractivity contribution in [2.45, 2.75) is 13.0 Å². The van der Waals surface area contributed by atoms with Gasteiger partial charge in [0.15, 0.2) is 0 Å². The molecule has 1 aromatic carbocycles. The molecule has 0 heterocycles. The lowest BCUT2D eigenvalue weighted by atomic mass is 10.2. The number of benzene rings is 1. The van der Waals surface area contributed by atoms with E-state index in [2.05, 4.69) is 5.32 Å². The molecule has 1 aromatic rings. The Morgan fingerprint density at radius 3 is 2.72 bits per heavy atom. The highest BCUT2D eigenvalue weighted by Crippen LogP contribution is 2.25. The standard InChI is InChI=1S/C11H14N2O4S/c1-8(7-18(2)17)12-10-4-3-9(6-14)5-11(10)13(15)16/h3-6,8,12H,7H2,1-2H3. The molecule has 0 aliphatic rings. The summed E-state index contributed by atoms with van der Waals surface area (Å²) in [5.41, 5.74) is 0.413. The third-order valence-corrected chi connectivity index (χ3v) is 3.21. The van der Waals surface area contributed by atoms with Crippen LogP contribution in [-0.2, 0) is 10.8 Å². The highest BCUT2D eigenvalue weighted by molar-refractivity contribution is 7.84. The van der Waals surface area contributed by atoms with E-state index in [9.17, 15) is 19.1 Å². The Kier molecular flexibility index (Phi) is 4.96. The summed E-state index contributed by atoms with van der Waals surface area (Å²) >= 11 is 0. The highest BCUT2D eigenvalue weighted by Gasteiger charge is 2.16. The second kappa shape index (κ2) is 6.25. The number of nitro groups is 1. The molecular weight excluding hydrogens is 256 g/mol. The summed E-state index contributed by atoms with van der Waals surface area (Å²) in [6, 6.07) is 4.04. The van der Waals surface area contributed by atoms with Crippen LogP contribution in [0.3, 0.4) is 0 Å². The molecule has 2 atom stereocenters. The van der Waals surface area contributed by atoms with Crippen molar-refractivity contribution in [2.75, 3.05) is 17.3 Å². The summed E-state index contributed by atoms with van der Waals surface area (Å²) in [5, 5.41) is 13.8. The molecule has 0 aliphatic carbocycles. The lowest BCUT2D eigenvalue weighted by Crippen LogP contribution is -2.22. The van der Waals surface area contributed by atoms with Crippen molar-refractivity contribution in [1.29, 1.82) is 0 Å². The van der Waals surface area contributed by atoms with Gasteiger partial charge in [0.2, 0.25) is 0 Å². The van der Waals surface area contributed by atoms with Crippen LogP contribution >= 0.6 is 0 Å². The molecule has 0 aliphatic heterocycles. The monoisotopic (exact) mass is 270 g/mol. The maximum atomic E-state index is 11.1. The molecule has 0 saturated heterocycles. The van der Waals surface area contributed by atoms with Gasteiger partial charge < -0.3 is 5.32 Å². The van der Waals surface area contributed by atoms with E-state index in [0.717, 1.165) is 0 Å². The first-order chi connectivity index (χ1) is 8.43. The minimum atomic E-state index is -0.981. The molecule has 0 saturated carbocycles.